The van der Waals surface area contributed by atoms with Crippen molar-refractivity contribution in [2.75, 3.05) is 19.4 Å². The van der Waals surface area contributed by atoms with Crippen molar-refractivity contribution < 1.29 is 4.79 Å². The number of hydrogen-bond acceptors (Lipinski definition) is 5. The number of nitrogens with one attached hydrogen (secondary N) is 2. The van der Waals surface area contributed by atoms with Crippen LogP contribution in [-0.2, 0) is 6.54 Å². The fourth-order valence-electron chi connectivity index (χ4n) is 1.48. The number of amides is 1. The minimum atomic E-state index is -0.146. The molecule has 0 aliphatic heterocycles. The lowest BCUT2D eigenvalue weighted by molar-refractivity contribution is 0.0822. The van der Waals surface area contributed by atoms with Gasteiger partial charge in [-0.1, -0.05) is 11.3 Å². The fourth-order valence-corrected chi connectivity index (χ4v) is 2.07. The number of rotatable bonds is 4. The van der Waals surface area contributed by atoms with Gasteiger partial charge >= 0.3 is 4.87 Å². The van der Waals surface area contributed by atoms with Gasteiger partial charge in [0.25, 0.3) is 5.91 Å². The van der Waals surface area contributed by atoms with Gasteiger partial charge in [-0.3, -0.25) is 14.6 Å². The molecule has 1 amide bonds. The van der Waals surface area contributed by atoms with E-state index >= 15 is 0 Å². The van der Waals surface area contributed by atoms with Crippen LogP contribution in [0, 0.1) is 0 Å². The number of thiazole rings is 1. The van der Waals surface area contributed by atoms with E-state index in [9.17, 15) is 9.59 Å². The van der Waals surface area contributed by atoms with Crippen LogP contribution in [-0.4, -0.2) is 34.9 Å². The maximum absolute atomic E-state index is 11.8. The monoisotopic (exact) mass is 278 g/mol. The van der Waals surface area contributed by atoms with Crippen molar-refractivity contribution in [2.45, 2.75) is 6.54 Å². The molecular formula is C12H14N4O2S. The topological polar surface area (TPSA) is 78.1 Å². The van der Waals surface area contributed by atoms with E-state index in [0.717, 1.165) is 22.7 Å². The van der Waals surface area contributed by atoms with Gasteiger partial charge in [0.15, 0.2) is 0 Å². The second-order valence-electron chi connectivity index (χ2n) is 4.16. The molecule has 0 radical (unpaired) electrons. The Kier molecular flexibility index (Phi) is 3.96. The molecule has 2 aromatic heterocycles. The van der Waals surface area contributed by atoms with Gasteiger partial charge in [0.1, 0.15) is 5.69 Å². The van der Waals surface area contributed by atoms with Crippen LogP contribution in [0.5, 0.6) is 0 Å². The average Bonchev–Trinajstić information content (AvgIpc) is 2.81. The normalized spacial score (nSPS) is 10.2. The Morgan fingerprint density at radius 1 is 1.53 bits per heavy atom. The van der Waals surface area contributed by atoms with Crippen LogP contribution in [0.4, 0.5) is 5.69 Å². The standard InChI is InChI=1S/C12H14N4O2S/c1-16(2)11(17)10-5-8(3-4-13-10)14-6-9-7-19-12(18)15-9/h3-5,7H,6H2,1-2H3,(H,13,14)(H,15,18). The highest BCUT2D eigenvalue weighted by molar-refractivity contribution is 7.07. The highest BCUT2D eigenvalue weighted by Crippen LogP contribution is 2.10. The quantitative estimate of drug-likeness (QED) is 0.879. The van der Waals surface area contributed by atoms with Crippen molar-refractivity contribution in [3.05, 3.63) is 44.8 Å². The third-order valence-electron chi connectivity index (χ3n) is 2.44. The largest absolute Gasteiger partial charge is 0.379 e. The molecule has 2 rings (SSSR count). The summed E-state index contributed by atoms with van der Waals surface area (Å²) in [6, 6.07) is 3.46. The molecule has 0 spiro atoms. The molecule has 2 heterocycles. The third-order valence-corrected chi connectivity index (χ3v) is 3.16. The van der Waals surface area contributed by atoms with Gasteiger partial charge in [0, 0.05) is 37.1 Å². The molecule has 0 unspecified atom stereocenters. The fraction of sp³-hybridized carbons (Fsp3) is 0.250. The molecule has 0 bridgehead atoms. The molecule has 0 saturated heterocycles. The van der Waals surface area contributed by atoms with Gasteiger partial charge in [-0.2, -0.15) is 0 Å². The van der Waals surface area contributed by atoms with E-state index in [1.165, 1.54) is 4.90 Å². The zero-order valence-electron chi connectivity index (χ0n) is 10.6. The number of anilines is 1. The first-order chi connectivity index (χ1) is 9.06. The molecule has 19 heavy (non-hydrogen) atoms. The van der Waals surface area contributed by atoms with Crippen LogP contribution in [0.25, 0.3) is 0 Å². The number of aromatic nitrogens is 2. The van der Waals surface area contributed by atoms with Crippen LogP contribution >= 0.6 is 11.3 Å². The zero-order chi connectivity index (χ0) is 13.8. The van der Waals surface area contributed by atoms with Crippen LogP contribution in [0.3, 0.4) is 0 Å². The van der Waals surface area contributed by atoms with E-state index in [1.807, 2.05) is 0 Å². The van der Waals surface area contributed by atoms with Gasteiger partial charge in [-0.15, -0.1) is 0 Å². The second-order valence-corrected chi connectivity index (χ2v) is 5.00. The Morgan fingerprint density at radius 3 is 2.95 bits per heavy atom. The Bertz CT molecular complexity index is 632. The van der Waals surface area contributed by atoms with E-state index in [2.05, 4.69) is 15.3 Å². The van der Waals surface area contributed by atoms with Crippen molar-refractivity contribution in [3.8, 4) is 0 Å². The summed E-state index contributed by atoms with van der Waals surface area (Å²) < 4.78 is 0. The summed E-state index contributed by atoms with van der Waals surface area (Å²) in [6.07, 6.45) is 1.58. The zero-order valence-corrected chi connectivity index (χ0v) is 11.5. The number of carbonyl (C=O) groups is 1. The van der Waals surface area contributed by atoms with Crippen LogP contribution in [0.1, 0.15) is 16.2 Å². The molecule has 0 saturated carbocycles. The molecule has 7 heteroatoms. The van der Waals surface area contributed by atoms with Crippen LogP contribution in [0.2, 0.25) is 0 Å². The summed E-state index contributed by atoms with van der Waals surface area (Å²) in [5.74, 6) is -0.146. The average molecular weight is 278 g/mol. The number of aromatic amines is 1. The molecular weight excluding hydrogens is 264 g/mol. The summed E-state index contributed by atoms with van der Waals surface area (Å²) in [5, 5.41) is 4.90. The van der Waals surface area contributed by atoms with Crippen molar-refractivity contribution in [2.24, 2.45) is 0 Å². The molecule has 0 aliphatic rings. The van der Waals surface area contributed by atoms with E-state index < -0.39 is 0 Å². The third kappa shape index (κ3) is 3.41. The lowest BCUT2D eigenvalue weighted by atomic mass is 10.3. The number of carbonyl (C=O) groups excluding carboxylic acids is 1. The molecule has 0 aromatic carbocycles. The lowest BCUT2D eigenvalue weighted by Gasteiger charge is -2.10. The Morgan fingerprint density at radius 2 is 2.32 bits per heavy atom. The summed E-state index contributed by atoms with van der Waals surface area (Å²) in [4.78, 5) is 30.9. The predicted octanol–water partition coefficient (Wildman–Crippen LogP) is 1.15. The van der Waals surface area contributed by atoms with Gasteiger partial charge in [0.2, 0.25) is 0 Å². The summed E-state index contributed by atoms with van der Waals surface area (Å²) in [7, 11) is 3.36. The molecule has 2 N–H and O–H groups in total. The van der Waals surface area contributed by atoms with Crippen molar-refractivity contribution >= 4 is 22.9 Å². The van der Waals surface area contributed by atoms with Gasteiger partial charge in [-0.05, 0) is 12.1 Å². The SMILES string of the molecule is CN(C)C(=O)c1cc(NCc2csc(=O)[nH]2)ccn1. The first-order valence-electron chi connectivity index (χ1n) is 5.64. The summed E-state index contributed by atoms with van der Waals surface area (Å²) in [5.41, 5.74) is 1.98. The smallest absolute Gasteiger partial charge is 0.304 e. The number of nitrogens with zero attached hydrogens (tertiary/aromatic N) is 2. The van der Waals surface area contributed by atoms with E-state index in [0.29, 0.717) is 12.2 Å². The molecule has 0 fully saturated rings. The Hall–Kier alpha value is -2.15. The minimum absolute atomic E-state index is 0.0741. The second kappa shape index (κ2) is 5.66. The molecule has 0 aliphatic carbocycles. The summed E-state index contributed by atoms with van der Waals surface area (Å²) in [6.45, 7) is 0.498. The van der Waals surface area contributed by atoms with Gasteiger partial charge in [-0.25, -0.2) is 0 Å². The number of H-pyrrole nitrogens is 1. The van der Waals surface area contributed by atoms with E-state index in [1.54, 1.807) is 37.8 Å². The highest BCUT2D eigenvalue weighted by atomic mass is 32.1. The molecule has 100 valence electrons. The van der Waals surface area contributed by atoms with Crippen LogP contribution in [0.15, 0.2) is 28.5 Å². The maximum Gasteiger partial charge on any atom is 0.304 e. The van der Waals surface area contributed by atoms with Crippen molar-refractivity contribution in [1.82, 2.24) is 14.9 Å². The minimum Gasteiger partial charge on any atom is -0.379 e. The molecule has 6 nitrogen and oxygen atoms in total. The first kappa shape index (κ1) is 13.3. The number of pyridine rings is 1. The molecule has 0 atom stereocenters. The Balaban J connectivity index is 2.07. The van der Waals surface area contributed by atoms with Crippen LogP contribution < -0.4 is 10.2 Å². The van der Waals surface area contributed by atoms with E-state index in [-0.39, 0.29) is 10.8 Å². The van der Waals surface area contributed by atoms with Gasteiger partial charge < -0.3 is 15.2 Å². The van der Waals surface area contributed by atoms with Gasteiger partial charge in [0.05, 0.1) is 6.54 Å². The lowest BCUT2D eigenvalue weighted by Crippen LogP contribution is -2.22. The first-order valence-corrected chi connectivity index (χ1v) is 6.52. The predicted molar refractivity (Wildman–Crippen MR) is 74.5 cm³/mol. The number of hydrogen-bond donors (Lipinski definition) is 2. The highest BCUT2D eigenvalue weighted by Gasteiger charge is 2.09. The molecule has 2 aromatic rings. The van der Waals surface area contributed by atoms with E-state index in [4.69, 9.17) is 0 Å². The summed E-state index contributed by atoms with van der Waals surface area (Å²) >= 11 is 1.13. The Labute approximate surface area is 114 Å². The van der Waals surface area contributed by atoms with Crippen molar-refractivity contribution in [1.29, 1.82) is 0 Å². The van der Waals surface area contributed by atoms with Crippen molar-refractivity contribution in [3.63, 3.8) is 0 Å². The maximum atomic E-state index is 11.8.